The van der Waals surface area contributed by atoms with Crippen LogP contribution in [0.2, 0.25) is 0 Å². The van der Waals surface area contributed by atoms with Gasteiger partial charge >= 0.3 is 0 Å². The Morgan fingerprint density at radius 2 is 2.25 bits per heavy atom. The molecule has 0 aliphatic carbocycles. The molecule has 0 spiro atoms. The Kier molecular flexibility index (Phi) is 3.32. The van der Waals surface area contributed by atoms with Gasteiger partial charge < -0.3 is 5.32 Å². The lowest BCUT2D eigenvalue weighted by molar-refractivity contribution is 1.02. The second-order valence-electron chi connectivity index (χ2n) is 3.16. The van der Waals surface area contributed by atoms with Crippen LogP contribution in [-0.2, 0) is 0 Å². The van der Waals surface area contributed by atoms with Crippen molar-refractivity contribution in [1.82, 2.24) is 25.1 Å². The van der Waals surface area contributed by atoms with Gasteiger partial charge in [-0.25, -0.2) is 15.0 Å². The summed E-state index contributed by atoms with van der Waals surface area (Å²) >= 11 is 2.23. The van der Waals surface area contributed by atoms with Crippen molar-refractivity contribution in [3.05, 3.63) is 15.6 Å². The van der Waals surface area contributed by atoms with Crippen LogP contribution in [0.1, 0.15) is 12.6 Å². The van der Waals surface area contributed by atoms with Crippen molar-refractivity contribution in [2.75, 3.05) is 11.9 Å². The Balaban J connectivity index is 2.48. The first-order valence-electron chi connectivity index (χ1n) is 4.86. The molecule has 0 unspecified atom stereocenters. The molecule has 0 fully saturated rings. The minimum atomic E-state index is 0.561. The molecule has 84 valence electrons. The number of nitrogens with one attached hydrogen (secondary N) is 2. The van der Waals surface area contributed by atoms with Gasteiger partial charge in [0, 0.05) is 6.54 Å². The Bertz CT molecular complexity index is 481. The molecule has 0 atom stereocenters. The molecule has 2 heterocycles. The highest BCUT2D eigenvalue weighted by Gasteiger charge is 2.11. The van der Waals surface area contributed by atoms with Crippen LogP contribution in [0.25, 0.3) is 11.6 Å². The van der Waals surface area contributed by atoms with Gasteiger partial charge in [-0.15, -0.1) is 0 Å². The zero-order chi connectivity index (χ0) is 11.5. The number of rotatable bonds is 3. The first-order valence-corrected chi connectivity index (χ1v) is 5.94. The molecule has 0 amide bonds. The average Bonchev–Trinajstić information content (AvgIpc) is 2.78. The van der Waals surface area contributed by atoms with Crippen molar-refractivity contribution >= 4 is 28.4 Å². The van der Waals surface area contributed by atoms with Crippen molar-refractivity contribution in [3.63, 3.8) is 0 Å². The maximum absolute atomic E-state index is 4.40. The molecule has 2 rings (SSSR count). The lowest BCUT2D eigenvalue weighted by Crippen LogP contribution is -2.06. The van der Waals surface area contributed by atoms with Crippen LogP contribution >= 0.6 is 22.6 Å². The number of H-pyrrole nitrogens is 1. The summed E-state index contributed by atoms with van der Waals surface area (Å²) in [6, 6.07) is 0. The summed E-state index contributed by atoms with van der Waals surface area (Å²) in [6.07, 6.45) is 1.44. The molecule has 16 heavy (non-hydrogen) atoms. The second kappa shape index (κ2) is 4.73. The number of aryl methyl sites for hydroxylation is 1. The molecule has 7 heteroatoms. The molecule has 0 radical (unpaired) electrons. The number of halogens is 1. The largest absolute Gasteiger partial charge is 0.369 e. The fourth-order valence-electron chi connectivity index (χ4n) is 1.26. The van der Waals surface area contributed by atoms with E-state index in [0.29, 0.717) is 11.6 Å². The highest BCUT2D eigenvalue weighted by Crippen LogP contribution is 2.21. The topological polar surface area (TPSA) is 79.4 Å². The van der Waals surface area contributed by atoms with Crippen LogP contribution in [-0.4, -0.2) is 31.7 Å². The van der Waals surface area contributed by atoms with Gasteiger partial charge in [-0.1, -0.05) is 0 Å². The molecule has 6 nitrogen and oxygen atoms in total. The van der Waals surface area contributed by atoms with Crippen LogP contribution in [0.4, 0.5) is 5.82 Å². The number of hydrogen-bond donors (Lipinski definition) is 2. The summed E-state index contributed by atoms with van der Waals surface area (Å²) in [6.45, 7) is 4.80. The number of aromatic amines is 1. The monoisotopic (exact) mass is 330 g/mol. The highest BCUT2D eigenvalue weighted by molar-refractivity contribution is 14.1. The maximum Gasteiger partial charge on any atom is 0.199 e. The van der Waals surface area contributed by atoms with E-state index in [9.17, 15) is 0 Å². The molecule has 0 aliphatic heterocycles. The smallest absolute Gasteiger partial charge is 0.199 e. The van der Waals surface area contributed by atoms with Gasteiger partial charge in [0.05, 0.1) is 9.26 Å². The summed E-state index contributed by atoms with van der Waals surface area (Å²) in [5, 5.41) is 9.74. The van der Waals surface area contributed by atoms with Gasteiger partial charge in [0.15, 0.2) is 11.6 Å². The second-order valence-corrected chi connectivity index (χ2v) is 4.24. The van der Waals surface area contributed by atoms with Crippen molar-refractivity contribution in [2.45, 2.75) is 13.8 Å². The summed E-state index contributed by atoms with van der Waals surface area (Å²) in [4.78, 5) is 12.8. The maximum atomic E-state index is 4.40. The molecule has 0 aromatic carbocycles. The molecule has 2 aromatic rings. The summed E-state index contributed by atoms with van der Waals surface area (Å²) < 4.78 is 1.03. The summed E-state index contributed by atoms with van der Waals surface area (Å²) in [7, 11) is 0. The normalized spacial score (nSPS) is 10.4. The van der Waals surface area contributed by atoms with Crippen LogP contribution in [0.5, 0.6) is 0 Å². The van der Waals surface area contributed by atoms with Crippen LogP contribution in [0.3, 0.4) is 0 Å². The van der Waals surface area contributed by atoms with Crippen molar-refractivity contribution in [3.8, 4) is 11.6 Å². The van der Waals surface area contributed by atoms with Gasteiger partial charge in [-0.2, -0.15) is 5.10 Å². The van der Waals surface area contributed by atoms with Crippen LogP contribution in [0, 0.1) is 10.5 Å². The third-order valence-corrected chi connectivity index (χ3v) is 3.28. The number of hydrogen-bond acceptors (Lipinski definition) is 5. The molecule has 0 bridgehead atoms. The van der Waals surface area contributed by atoms with E-state index in [4.69, 9.17) is 0 Å². The van der Waals surface area contributed by atoms with Crippen molar-refractivity contribution in [1.29, 1.82) is 0 Å². The highest BCUT2D eigenvalue weighted by atomic mass is 127. The Morgan fingerprint density at radius 1 is 1.44 bits per heavy atom. The fourth-order valence-corrected chi connectivity index (χ4v) is 1.69. The third kappa shape index (κ3) is 2.13. The van der Waals surface area contributed by atoms with E-state index in [1.54, 1.807) is 0 Å². The lowest BCUT2D eigenvalue weighted by Gasteiger charge is -2.08. The Morgan fingerprint density at radius 3 is 2.88 bits per heavy atom. The summed E-state index contributed by atoms with van der Waals surface area (Å²) in [5.74, 6) is 1.98. The first kappa shape index (κ1) is 11.2. The molecule has 0 aliphatic rings. The van der Waals surface area contributed by atoms with Gasteiger partial charge in [-0.3, -0.25) is 5.10 Å². The SMILES string of the molecule is CCNc1nc(-c2ncn[nH]2)nc(C)c1I. The molecular weight excluding hydrogens is 319 g/mol. The lowest BCUT2D eigenvalue weighted by atomic mass is 10.4. The first-order chi connectivity index (χ1) is 7.72. The van der Waals surface area contributed by atoms with Gasteiger partial charge in [0.25, 0.3) is 0 Å². The average molecular weight is 330 g/mol. The van der Waals surface area contributed by atoms with E-state index in [0.717, 1.165) is 21.6 Å². The zero-order valence-electron chi connectivity index (χ0n) is 8.95. The minimum absolute atomic E-state index is 0.561. The third-order valence-electron chi connectivity index (χ3n) is 1.99. The standard InChI is InChI=1S/C9H11IN6/c1-3-11-7-6(10)5(2)14-9(15-7)8-12-4-13-16-8/h4H,3H2,1-2H3,(H,11,14,15)(H,12,13,16). The molecular formula is C9H11IN6. The van der Waals surface area contributed by atoms with Gasteiger partial charge in [0.2, 0.25) is 0 Å². The quantitative estimate of drug-likeness (QED) is 0.836. The molecule has 2 N–H and O–H groups in total. The van der Waals surface area contributed by atoms with Crippen LogP contribution in [0.15, 0.2) is 6.33 Å². The number of nitrogens with zero attached hydrogens (tertiary/aromatic N) is 4. The number of aromatic nitrogens is 5. The van der Waals surface area contributed by atoms with E-state index in [2.05, 4.69) is 53.1 Å². The van der Waals surface area contributed by atoms with Crippen molar-refractivity contribution < 1.29 is 0 Å². The fraction of sp³-hybridized carbons (Fsp3) is 0.333. The number of anilines is 1. The predicted octanol–water partition coefficient (Wildman–Crippen LogP) is 1.61. The van der Waals surface area contributed by atoms with E-state index in [1.165, 1.54) is 6.33 Å². The zero-order valence-corrected chi connectivity index (χ0v) is 11.1. The molecule has 0 saturated heterocycles. The van der Waals surface area contributed by atoms with E-state index in [-0.39, 0.29) is 0 Å². The Hall–Kier alpha value is -1.25. The summed E-state index contributed by atoms with van der Waals surface area (Å²) in [5.41, 5.74) is 0.929. The van der Waals surface area contributed by atoms with Crippen LogP contribution < -0.4 is 5.32 Å². The minimum Gasteiger partial charge on any atom is -0.369 e. The van der Waals surface area contributed by atoms with Gasteiger partial charge in [-0.05, 0) is 36.4 Å². The Labute approximate surface area is 106 Å². The van der Waals surface area contributed by atoms with E-state index < -0.39 is 0 Å². The molecule has 2 aromatic heterocycles. The van der Waals surface area contributed by atoms with Gasteiger partial charge in [0.1, 0.15) is 12.1 Å². The van der Waals surface area contributed by atoms with E-state index in [1.807, 2.05) is 13.8 Å². The van der Waals surface area contributed by atoms with E-state index >= 15 is 0 Å². The van der Waals surface area contributed by atoms with Crippen molar-refractivity contribution in [2.24, 2.45) is 0 Å². The predicted molar refractivity (Wildman–Crippen MR) is 69.0 cm³/mol. The molecule has 0 saturated carbocycles.